The van der Waals surface area contributed by atoms with Gasteiger partial charge in [-0.2, -0.15) is 0 Å². The zero-order valence-corrected chi connectivity index (χ0v) is 13.9. The first kappa shape index (κ1) is 16.5. The van der Waals surface area contributed by atoms with Gasteiger partial charge >= 0.3 is 0 Å². The Morgan fingerprint density at radius 1 is 1.16 bits per heavy atom. The second-order valence-electron chi connectivity index (χ2n) is 5.31. The number of methoxy groups -OCH3 is 2. The van der Waals surface area contributed by atoms with Crippen LogP contribution in [0.15, 0.2) is 53.6 Å². The van der Waals surface area contributed by atoms with Crippen LogP contribution < -0.4 is 20.3 Å². The van der Waals surface area contributed by atoms with E-state index in [-0.39, 0.29) is 18.0 Å². The van der Waals surface area contributed by atoms with E-state index in [1.807, 2.05) is 6.07 Å². The van der Waals surface area contributed by atoms with Crippen molar-refractivity contribution in [1.29, 1.82) is 0 Å². The van der Waals surface area contributed by atoms with Crippen molar-refractivity contribution in [3.63, 3.8) is 0 Å². The molecule has 128 valence electrons. The molecule has 0 bridgehead atoms. The minimum absolute atomic E-state index is 0.147. The molecule has 3 aromatic rings. The number of amides is 1. The molecule has 0 spiro atoms. The second kappa shape index (κ2) is 7.04. The normalized spacial score (nSPS) is 10.5. The summed E-state index contributed by atoms with van der Waals surface area (Å²) in [5.41, 5.74) is 0.832. The van der Waals surface area contributed by atoms with Gasteiger partial charge in [0, 0.05) is 6.07 Å². The molecule has 0 aliphatic carbocycles. The minimum atomic E-state index is -0.359. The van der Waals surface area contributed by atoms with Crippen LogP contribution in [0.5, 0.6) is 11.5 Å². The van der Waals surface area contributed by atoms with Crippen molar-refractivity contribution in [1.82, 2.24) is 9.55 Å². The number of hydrogen-bond donors (Lipinski definition) is 1. The quantitative estimate of drug-likeness (QED) is 0.769. The largest absolute Gasteiger partial charge is 0.497 e. The van der Waals surface area contributed by atoms with E-state index in [1.165, 1.54) is 18.0 Å². The van der Waals surface area contributed by atoms with Crippen molar-refractivity contribution in [2.75, 3.05) is 19.5 Å². The molecule has 1 heterocycles. The van der Waals surface area contributed by atoms with Gasteiger partial charge in [0.15, 0.2) is 0 Å². The Morgan fingerprint density at radius 2 is 1.96 bits per heavy atom. The molecule has 0 saturated heterocycles. The summed E-state index contributed by atoms with van der Waals surface area (Å²) < 4.78 is 11.6. The third-order valence-electron chi connectivity index (χ3n) is 3.73. The lowest BCUT2D eigenvalue weighted by molar-refractivity contribution is -0.116. The summed E-state index contributed by atoms with van der Waals surface area (Å²) in [6.45, 7) is -0.147. The maximum Gasteiger partial charge on any atom is 0.261 e. The summed E-state index contributed by atoms with van der Waals surface area (Å²) in [4.78, 5) is 28.9. The van der Waals surface area contributed by atoms with Crippen LogP contribution in [0.3, 0.4) is 0 Å². The SMILES string of the molecule is COc1ccc(NC(=O)Cn2cnc3ccccc3c2=O)c(OC)c1. The molecule has 7 heteroatoms. The summed E-state index contributed by atoms with van der Waals surface area (Å²) in [6, 6.07) is 12.1. The topological polar surface area (TPSA) is 82.5 Å². The second-order valence-corrected chi connectivity index (χ2v) is 5.31. The summed E-state index contributed by atoms with van der Waals surface area (Å²) in [5, 5.41) is 3.20. The Balaban J connectivity index is 1.82. The fraction of sp³-hybridized carbons (Fsp3) is 0.167. The number of ether oxygens (including phenoxy) is 2. The molecule has 0 aliphatic heterocycles. The lowest BCUT2D eigenvalue weighted by Gasteiger charge is -2.12. The van der Waals surface area contributed by atoms with Crippen molar-refractivity contribution < 1.29 is 14.3 Å². The molecular formula is C18H17N3O4. The van der Waals surface area contributed by atoms with Crippen molar-refractivity contribution in [3.05, 3.63) is 59.1 Å². The molecular weight excluding hydrogens is 322 g/mol. The van der Waals surface area contributed by atoms with Crippen LogP contribution in [-0.2, 0) is 11.3 Å². The van der Waals surface area contributed by atoms with Gasteiger partial charge in [-0.3, -0.25) is 14.2 Å². The minimum Gasteiger partial charge on any atom is -0.497 e. The molecule has 1 aromatic heterocycles. The Hall–Kier alpha value is -3.35. The highest BCUT2D eigenvalue weighted by atomic mass is 16.5. The van der Waals surface area contributed by atoms with E-state index in [4.69, 9.17) is 9.47 Å². The van der Waals surface area contributed by atoms with E-state index in [1.54, 1.807) is 43.5 Å². The summed E-state index contributed by atoms with van der Waals surface area (Å²) in [7, 11) is 3.05. The monoisotopic (exact) mass is 339 g/mol. The highest BCUT2D eigenvalue weighted by Crippen LogP contribution is 2.28. The van der Waals surface area contributed by atoms with Crippen LogP contribution >= 0.6 is 0 Å². The van der Waals surface area contributed by atoms with E-state index < -0.39 is 0 Å². The zero-order chi connectivity index (χ0) is 17.8. The first-order valence-corrected chi connectivity index (χ1v) is 7.58. The van der Waals surface area contributed by atoms with Crippen LogP contribution in [0.4, 0.5) is 5.69 Å². The van der Waals surface area contributed by atoms with Crippen LogP contribution in [0.25, 0.3) is 10.9 Å². The molecule has 1 N–H and O–H groups in total. The highest BCUT2D eigenvalue weighted by Gasteiger charge is 2.11. The molecule has 1 amide bonds. The van der Waals surface area contributed by atoms with E-state index in [0.717, 1.165) is 0 Å². The number of aromatic nitrogens is 2. The number of nitrogens with zero attached hydrogens (tertiary/aromatic N) is 2. The number of para-hydroxylation sites is 1. The number of anilines is 1. The predicted molar refractivity (Wildman–Crippen MR) is 94.2 cm³/mol. The van der Waals surface area contributed by atoms with Gasteiger partial charge in [0.25, 0.3) is 5.56 Å². The lowest BCUT2D eigenvalue weighted by atomic mass is 10.2. The molecule has 0 unspecified atom stereocenters. The van der Waals surface area contributed by atoms with Crippen molar-refractivity contribution >= 4 is 22.5 Å². The number of carbonyl (C=O) groups is 1. The number of benzene rings is 2. The van der Waals surface area contributed by atoms with Gasteiger partial charge in [-0.1, -0.05) is 12.1 Å². The third kappa shape index (κ3) is 3.45. The average Bonchev–Trinajstić information content (AvgIpc) is 2.64. The fourth-order valence-corrected chi connectivity index (χ4v) is 2.46. The van der Waals surface area contributed by atoms with Gasteiger partial charge in [0.05, 0.1) is 37.1 Å². The van der Waals surface area contributed by atoms with Gasteiger partial charge in [-0.05, 0) is 24.3 Å². The maximum absolute atomic E-state index is 12.4. The van der Waals surface area contributed by atoms with Gasteiger partial charge in [0.1, 0.15) is 18.0 Å². The van der Waals surface area contributed by atoms with Crippen LogP contribution in [0.1, 0.15) is 0 Å². The van der Waals surface area contributed by atoms with Gasteiger partial charge in [0.2, 0.25) is 5.91 Å². The van der Waals surface area contributed by atoms with E-state index in [0.29, 0.717) is 28.1 Å². The highest BCUT2D eigenvalue weighted by molar-refractivity contribution is 5.92. The van der Waals surface area contributed by atoms with E-state index in [2.05, 4.69) is 10.3 Å². The molecule has 7 nitrogen and oxygen atoms in total. The van der Waals surface area contributed by atoms with Crippen molar-refractivity contribution in [2.45, 2.75) is 6.54 Å². The Bertz CT molecular complexity index is 981. The van der Waals surface area contributed by atoms with E-state index >= 15 is 0 Å². The standard InChI is InChI=1S/C18H17N3O4/c1-24-12-7-8-15(16(9-12)25-2)20-17(22)10-21-11-19-14-6-4-3-5-13(14)18(21)23/h3-9,11H,10H2,1-2H3,(H,20,22). The zero-order valence-electron chi connectivity index (χ0n) is 13.9. The predicted octanol–water partition coefficient (Wildman–Crippen LogP) is 2.05. The lowest BCUT2D eigenvalue weighted by Crippen LogP contribution is -2.28. The van der Waals surface area contributed by atoms with Crippen molar-refractivity contribution in [2.24, 2.45) is 0 Å². The van der Waals surface area contributed by atoms with Gasteiger partial charge in [-0.15, -0.1) is 0 Å². The molecule has 0 fully saturated rings. The molecule has 3 rings (SSSR count). The first-order chi connectivity index (χ1) is 12.1. The number of nitrogens with one attached hydrogen (secondary N) is 1. The fourth-order valence-electron chi connectivity index (χ4n) is 2.46. The van der Waals surface area contributed by atoms with Crippen LogP contribution in [0.2, 0.25) is 0 Å². The van der Waals surface area contributed by atoms with Crippen LogP contribution in [0, 0.1) is 0 Å². The Morgan fingerprint density at radius 3 is 2.72 bits per heavy atom. The smallest absolute Gasteiger partial charge is 0.261 e. The molecule has 0 radical (unpaired) electrons. The number of carbonyl (C=O) groups excluding carboxylic acids is 1. The Labute approximate surface area is 143 Å². The first-order valence-electron chi connectivity index (χ1n) is 7.58. The average molecular weight is 339 g/mol. The summed E-state index contributed by atoms with van der Waals surface area (Å²) in [5.74, 6) is 0.726. The maximum atomic E-state index is 12.4. The molecule has 0 saturated carbocycles. The number of rotatable bonds is 5. The number of hydrogen-bond acceptors (Lipinski definition) is 5. The van der Waals surface area contributed by atoms with Gasteiger partial charge < -0.3 is 14.8 Å². The summed E-state index contributed by atoms with van der Waals surface area (Å²) in [6.07, 6.45) is 1.37. The molecule has 0 aliphatic rings. The van der Waals surface area contributed by atoms with Gasteiger partial charge in [-0.25, -0.2) is 4.98 Å². The Kier molecular flexibility index (Phi) is 4.65. The third-order valence-corrected chi connectivity index (χ3v) is 3.73. The van der Waals surface area contributed by atoms with E-state index in [9.17, 15) is 9.59 Å². The summed E-state index contributed by atoms with van der Waals surface area (Å²) >= 11 is 0. The molecule has 25 heavy (non-hydrogen) atoms. The molecule has 2 aromatic carbocycles. The number of fused-ring (bicyclic) bond motifs is 1. The van der Waals surface area contributed by atoms with Crippen molar-refractivity contribution in [3.8, 4) is 11.5 Å². The van der Waals surface area contributed by atoms with Crippen LogP contribution in [-0.4, -0.2) is 29.7 Å². The molecule has 0 atom stereocenters.